The zero-order valence-corrected chi connectivity index (χ0v) is 59.7. The summed E-state index contributed by atoms with van der Waals surface area (Å²) in [6.07, 6.45) is 2.99. The predicted octanol–water partition coefficient (Wildman–Crippen LogP) is 19.8. The first-order valence-corrected chi connectivity index (χ1v) is 34.6. The van der Waals surface area contributed by atoms with Crippen LogP contribution in [0.15, 0.2) is 147 Å². The third-order valence-corrected chi connectivity index (χ3v) is 15.9. The zero-order chi connectivity index (χ0) is 68.9. The molecule has 0 amide bonds. The number of hydrogen-bond acceptors (Lipinski definition) is 12. The molecule has 8 aromatic rings. The molecule has 0 aliphatic heterocycles. The largest absolute Gasteiger partial charge is 0.494 e. The molecule has 0 spiro atoms. The van der Waals surface area contributed by atoms with Crippen LogP contribution in [-0.2, 0) is 38.5 Å². The Morgan fingerprint density at radius 3 is 0.417 bits per heavy atom. The van der Waals surface area contributed by atoms with E-state index in [0.717, 1.165) is 147 Å². The quantitative estimate of drug-likeness (QED) is 0.0515. The minimum absolute atomic E-state index is 0.476. The topological polar surface area (TPSA) is 111 Å². The van der Waals surface area contributed by atoms with Gasteiger partial charge in [0.25, 0.3) is 0 Å². The van der Waals surface area contributed by atoms with E-state index in [-0.39, 0.29) is 0 Å². The van der Waals surface area contributed by atoms with Gasteiger partial charge in [0.2, 0.25) is 0 Å². The molecule has 8 aromatic carbocycles. The van der Waals surface area contributed by atoms with Crippen molar-refractivity contribution in [3.63, 3.8) is 0 Å². The Morgan fingerprint density at radius 1 is 0.219 bits per heavy atom. The van der Waals surface area contributed by atoms with Crippen molar-refractivity contribution < 1.29 is 56.8 Å². The van der Waals surface area contributed by atoms with Gasteiger partial charge in [-0.15, -0.1) is 0 Å². The molecule has 24 rings (SSSR count). The SMILES string of the molecule is C=C(C)c1ccccc1.C=C(C)c1ccccc1.CCOc1cc2c(OCC)cc1Cc1cc(OCC)c(cc1OCC)Cc1cc(OCC)c(cc1OCC)Cc1cc(OCC)c(cc1OCC)Cc1cc(OCC)c(cc1OCC)Cc1cc(OCC)c(cc1OCC)C2. The molecule has 0 N–H and O–H groups in total. The molecule has 0 aromatic heterocycles. The first kappa shape index (κ1) is 74.2. The molecule has 12 nitrogen and oxygen atoms in total. The number of hydrogen-bond donors (Lipinski definition) is 0. The van der Waals surface area contributed by atoms with E-state index in [9.17, 15) is 0 Å². The summed E-state index contributed by atoms with van der Waals surface area (Å²) in [6, 6.07) is 45.7. The summed E-state index contributed by atoms with van der Waals surface area (Å²) in [5.74, 6) is 9.17. The first-order valence-electron chi connectivity index (χ1n) is 34.6. The van der Waals surface area contributed by atoms with Gasteiger partial charge < -0.3 is 56.8 Å². The van der Waals surface area contributed by atoms with Gasteiger partial charge in [-0.1, -0.05) is 85.0 Å². The number of benzene rings is 8. The maximum atomic E-state index is 6.50. The Morgan fingerprint density at radius 2 is 0.333 bits per heavy atom. The molecule has 16 aliphatic carbocycles. The van der Waals surface area contributed by atoms with Gasteiger partial charge in [-0.25, -0.2) is 0 Å². The van der Waals surface area contributed by atoms with Crippen LogP contribution in [0, 0.1) is 0 Å². The van der Waals surface area contributed by atoms with Crippen molar-refractivity contribution in [2.24, 2.45) is 0 Å². The fraction of sp³-hybridized carbons (Fsp3) is 0.381. The third-order valence-electron chi connectivity index (χ3n) is 15.9. The molecule has 0 saturated heterocycles. The van der Waals surface area contributed by atoms with Gasteiger partial charge >= 0.3 is 0 Å². The average molecular weight is 1310 g/mol. The molecule has 512 valence electrons. The van der Waals surface area contributed by atoms with Crippen molar-refractivity contribution >= 4 is 11.1 Å². The summed E-state index contributed by atoms with van der Waals surface area (Å²) in [5, 5.41) is 0. The standard InChI is InChI=1S/C66H84O12.2C9H10/c1-13-67-55-31-44-26-46-34-60(72-18-6)48(36-59(46)71-17-5)28-50-38-64(76-22-10)52(40-63(50)75-21-9)30-54-42-65(77-23-11)53(41-66(54)78-24-12)29-51-39-61(73-19-7)49(37-62(51)74-20-8)27-47-35-57(69-15-3)45(33-58(47)70-16-4)25-43(55)32-56(44)68-14-2;2*1-8(2)9-6-4-3-5-7-9/h31-42H,13-30H2,1-12H3;2*3-7H,1H2,2H3. The van der Waals surface area contributed by atoms with Crippen LogP contribution in [0.2, 0.25) is 0 Å². The molecular weight excluding hydrogens is 1200 g/mol. The van der Waals surface area contributed by atoms with Crippen LogP contribution in [-0.4, -0.2) is 79.3 Å². The van der Waals surface area contributed by atoms with Gasteiger partial charge in [-0.3, -0.25) is 0 Å². The van der Waals surface area contributed by atoms with E-state index >= 15 is 0 Å². The highest BCUT2D eigenvalue weighted by Crippen LogP contribution is 2.44. The zero-order valence-electron chi connectivity index (χ0n) is 59.7. The van der Waals surface area contributed by atoms with Crippen LogP contribution in [0.25, 0.3) is 11.1 Å². The molecule has 16 aliphatic rings. The lowest BCUT2D eigenvalue weighted by Crippen LogP contribution is -2.09. The maximum Gasteiger partial charge on any atom is 0.123 e. The molecular formula is C84H104O12. The van der Waals surface area contributed by atoms with Crippen molar-refractivity contribution in [1.29, 1.82) is 0 Å². The van der Waals surface area contributed by atoms with Crippen molar-refractivity contribution in [2.75, 3.05) is 79.3 Å². The van der Waals surface area contributed by atoms with Crippen LogP contribution in [0.3, 0.4) is 0 Å². The minimum atomic E-state index is 0.476. The van der Waals surface area contributed by atoms with Crippen molar-refractivity contribution in [1.82, 2.24) is 0 Å². The Kier molecular flexibility index (Phi) is 29.7. The van der Waals surface area contributed by atoms with Gasteiger partial charge in [0.05, 0.1) is 79.3 Å². The van der Waals surface area contributed by atoms with Gasteiger partial charge in [-0.2, -0.15) is 0 Å². The molecule has 0 unspecified atom stereocenters. The molecule has 0 atom stereocenters. The summed E-state index contributed by atoms with van der Waals surface area (Å²) in [6.45, 7) is 41.5. The van der Waals surface area contributed by atoms with E-state index in [4.69, 9.17) is 56.8 Å². The van der Waals surface area contributed by atoms with Gasteiger partial charge in [0, 0.05) is 105 Å². The second kappa shape index (κ2) is 38.4. The van der Waals surface area contributed by atoms with E-state index in [0.29, 0.717) is 118 Å². The molecule has 0 heterocycles. The van der Waals surface area contributed by atoms with Gasteiger partial charge in [-0.05, 0) is 181 Å². The Bertz CT molecular complexity index is 3030. The van der Waals surface area contributed by atoms with Crippen molar-refractivity contribution in [2.45, 2.75) is 135 Å². The van der Waals surface area contributed by atoms with Crippen LogP contribution < -0.4 is 56.8 Å². The van der Waals surface area contributed by atoms with Gasteiger partial charge in [0.15, 0.2) is 0 Å². The second-order valence-electron chi connectivity index (χ2n) is 23.0. The van der Waals surface area contributed by atoms with Crippen LogP contribution >= 0.6 is 0 Å². The predicted molar refractivity (Wildman–Crippen MR) is 392 cm³/mol. The summed E-state index contributed by atoms with van der Waals surface area (Å²) in [7, 11) is 0. The lowest BCUT2D eigenvalue weighted by molar-refractivity contribution is 0.319. The lowest BCUT2D eigenvalue weighted by Gasteiger charge is -2.23. The molecule has 0 radical (unpaired) electrons. The van der Waals surface area contributed by atoms with Crippen molar-refractivity contribution in [3.05, 3.63) is 225 Å². The number of rotatable bonds is 26. The van der Waals surface area contributed by atoms with E-state index in [1.807, 2.05) is 133 Å². The monoisotopic (exact) mass is 1300 g/mol. The van der Waals surface area contributed by atoms with E-state index in [2.05, 4.69) is 110 Å². The molecule has 12 bridgehead atoms. The smallest absolute Gasteiger partial charge is 0.123 e. The third kappa shape index (κ3) is 20.4. The van der Waals surface area contributed by atoms with Crippen LogP contribution in [0.4, 0.5) is 0 Å². The van der Waals surface area contributed by atoms with Crippen LogP contribution in [0.5, 0.6) is 69.0 Å². The lowest BCUT2D eigenvalue weighted by atomic mass is 9.92. The molecule has 12 heteroatoms. The maximum absolute atomic E-state index is 6.50. The minimum Gasteiger partial charge on any atom is -0.494 e. The normalized spacial score (nSPS) is 11.6. The Balaban J connectivity index is 0.000000621. The first-order chi connectivity index (χ1) is 46.7. The fourth-order valence-electron chi connectivity index (χ4n) is 11.7. The highest BCUT2D eigenvalue weighted by Gasteiger charge is 2.25. The summed E-state index contributed by atoms with van der Waals surface area (Å²) in [5.41, 5.74) is 16.2. The fourth-order valence-corrected chi connectivity index (χ4v) is 11.7. The summed E-state index contributed by atoms with van der Waals surface area (Å²) >= 11 is 0. The average Bonchev–Trinajstić information content (AvgIpc) is 0.798. The number of ether oxygens (including phenoxy) is 12. The van der Waals surface area contributed by atoms with E-state index < -0.39 is 0 Å². The Hall–Kier alpha value is -9.16. The highest BCUT2D eigenvalue weighted by atomic mass is 16.5. The molecule has 0 saturated carbocycles. The van der Waals surface area contributed by atoms with E-state index in [1.54, 1.807) is 0 Å². The molecule has 0 fully saturated rings. The molecule has 96 heavy (non-hydrogen) atoms. The van der Waals surface area contributed by atoms with Gasteiger partial charge in [0.1, 0.15) is 69.0 Å². The number of allylic oxidation sites excluding steroid dienone is 2. The summed E-state index contributed by atoms with van der Waals surface area (Å²) < 4.78 is 78.0. The van der Waals surface area contributed by atoms with E-state index in [1.165, 1.54) is 11.1 Å². The van der Waals surface area contributed by atoms with Crippen LogP contribution in [0.1, 0.15) is 175 Å². The second-order valence-corrected chi connectivity index (χ2v) is 23.0. The summed E-state index contributed by atoms with van der Waals surface area (Å²) in [4.78, 5) is 0. The highest BCUT2D eigenvalue weighted by molar-refractivity contribution is 5.63. The Labute approximate surface area is 573 Å². The van der Waals surface area contributed by atoms with Crippen molar-refractivity contribution in [3.8, 4) is 69.0 Å².